The minimum Gasteiger partial charge on any atom is -0.381 e. The van der Waals surface area contributed by atoms with Crippen molar-refractivity contribution in [1.29, 1.82) is 0 Å². The molecule has 1 N–H and O–H groups in total. The molecule has 1 aliphatic rings. The summed E-state index contributed by atoms with van der Waals surface area (Å²) in [5.74, 6) is 0.804. The van der Waals surface area contributed by atoms with Gasteiger partial charge in [-0.05, 0) is 45.1 Å². The Bertz CT molecular complexity index is 185. The van der Waals surface area contributed by atoms with Crippen molar-refractivity contribution in [2.24, 2.45) is 5.92 Å². The molecule has 0 aromatic heterocycles. The van der Waals surface area contributed by atoms with Gasteiger partial charge in [0, 0.05) is 19.3 Å². The first-order valence-corrected chi connectivity index (χ1v) is 6.19. The Labute approximate surface area is 94.1 Å². The maximum absolute atomic E-state index is 5.41. The fourth-order valence-corrected chi connectivity index (χ4v) is 2.29. The van der Waals surface area contributed by atoms with E-state index in [0.717, 1.165) is 32.1 Å². The maximum atomic E-state index is 5.41. The molecule has 0 aromatic rings. The number of nitrogens with one attached hydrogen (secondary N) is 1. The summed E-state index contributed by atoms with van der Waals surface area (Å²) in [7, 11) is 0. The van der Waals surface area contributed by atoms with Crippen molar-refractivity contribution >= 4 is 0 Å². The third-order valence-electron chi connectivity index (χ3n) is 3.18. The van der Waals surface area contributed by atoms with E-state index >= 15 is 0 Å². The molecule has 2 heteroatoms. The summed E-state index contributed by atoms with van der Waals surface area (Å²) < 4.78 is 5.41. The van der Waals surface area contributed by atoms with Crippen LogP contribution in [-0.2, 0) is 4.74 Å². The van der Waals surface area contributed by atoms with Gasteiger partial charge in [0.2, 0.25) is 0 Å². The number of hydrogen-bond donors (Lipinski definition) is 1. The number of hydrogen-bond acceptors (Lipinski definition) is 2. The van der Waals surface area contributed by atoms with Gasteiger partial charge in [0.1, 0.15) is 0 Å². The van der Waals surface area contributed by atoms with E-state index in [4.69, 9.17) is 4.74 Å². The molecule has 0 amide bonds. The quantitative estimate of drug-likeness (QED) is 0.682. The Morgan fingerprint density at radius 3 is 2.67 bits per heavy atom. The van der Waals surface area contributed by atoms with Crippen LogP contribution in [-0.4, -0.2) is 25.8 Å². The third kappa shape index (κ3) is 4.80. The van der Waals surface area contributed by atoms with Gasteiger partial charge < -0.3 is 10.1 Å². The van der Waals surface area contributed by atoms with E-state index in [0.29, 0.717) is 6.04 Å². The van der Waals surface area contributed by atoms with Crippen LogP contribution in [0.1, 0.15) is 39.5 Å². The second kappa shape index (κ2) is 7.02. The lowest BCUT2D eigenvalue weighted by molar-refractivity contribution is 0.0528. The highest BCUT2D eigenvalue weighted by molar-refractivity contribution is 4.90. The van der Waals surface area contributed by atoms with Gasteiger partial charge in [0.05, 0.1) is 0 Å². The van der Waals surface area contributed by atoms with Crippen LogP contribution in [0.5, 0.6) is 0 Å². The van der Waals surface area contributed by atoms with E-state index in [1.165, 1.54) is 24.8 Å². The molecule has 2 nitrogen and oxygen atoms in total. The average molecular weight is 211 g/mol. The summed E-state index contributed by atoms with van der Waals surface area (Å²) in [6, 6.07) is 0.663. The van der Waals surface area contributed by atoms with Crippen LogP contribution in [0.3, 0.4) is 0 Å². The Morgan fingerprint density at radius 1 is 1.47 bits per heavy atom. The van der Waals surface area contributed by atoms with Crippen molar-refractivity contribution in [2.75, 3.05) is 19.8 Å². The first kappa shape index (κ1) is 12.7. The standard InChI is InChI=1S/C13H25NO/c1-4-14-13(6-5-11(2)3)12-7-9-15-10-8-12/h12-14H,2,4-10H2,1,3H3. The summed E-state index contributed by atoms with van der Waals surface area (Å²) in [6.07, 6.45) is 4.81. The highest BCUT2D eigenvalue weighted by Gasteiger charge is 2.22. The third-order valence-corrected chi connectivity index (χ3v) is 3.18. The van der Waals surface area contributed by atoms with E-state index in [-0.39, 0.29) is 0 Å². The molecular formula is C13H25NO. The van der Waals surface area contributed by atoms with Crippen molar-refractivity contribution in [2.45, 2.75) is 45.6 Å². The Morgan fingerprint density at radius 2 is 2.13 bits per heavy atom. The summed E-state index contributed by atoms with van der Waals surface area (Å²) >= 11 is 0. The van der Waals surface area contributed by atoms with E-state index in [1.54, 1.807) is 0 Å². The van der Waals surface area contributed by atoms with Gasteiger partial charge in [0.25, 0.3) is 0 Å². The summed E-state index contributed by atoms with van der Waals surface area (Å²) in [5.41, 5.74) is 1.30. The van der Waals surface area contributed by atoms with Gasteiger partial charge in [-0.3, -0.25) is 0 Å². The zero-order valence-corrected chi connectivity index (χ0v) is 10.2. The lowest BCUT2D eigenvalue weighted by Crippen LogP contribution is -2.39. The molecule has 0 aromatic carbocycles. The maximum Gasteiger partial charge on any atom is 0.0469 e. The van der Waals surface area contributed by atoms with Crippen molar-refractivity contribution < 1.29 is 4.74 Å². The highest BCUT2D eigenvalue weighted by Crippen LogP contribution is 2.22. The first-order chi connectivity index (χ1) is 7.24. The van der Waals surface area contributed by atoms with E-state index in [2.05, 4.69) is 25.7 Å². The Kier molecular flexibility index (Phi) is 5.96. The predicted octanol–water partition coefficient (Wildman–Crippen LogP) is 2.75. The van der Waals surface area contributed by atoms with Gasteiger partial charge in [-0.2, -0.15) is 0 Å². The monoisotopic (exact) mass is 211 g/mol. The molecule has 0 spiro atoms. The fourth-order valence-electron chi connectivity index (χ4n) is 2.29. The summed E-state index contributed by atoms with van der Waals surface area (Å²) in [6.45, 7) is 11.2. The molecule has 15 heavy (non-hydrogen) atoms. The highest BCUT2D eigenvalue weighted by atomic mass is 16.5. The first-order valence-electron chi connectivity index (χ1n) is 6.19. The van der Waals surface area contributed by atoms with Crippen molar-refractivity contribution in [3.63, 3.8) is 0 Å². The molecule has 1 unspecified atom stereocenters. The zero-order chi connectivity index (χ0) is 11.1. The number of ether oxygens (including phenoxy) is 1. The van der Waals surface area contributed by atoms with Crippen molar-refractivity contribution in [3.8, 4) is 0 Å². The average Bonchev–Trinajstić information content (AvgIpc) is 2.25. The largest absolute Gasteiger partial charge is 0.381 e. The lowest BCUT2D eigenvalue weighted by Gasteiger charge is -2.31. The van der Waals surface area contributed by atoms with E-state index in [9.17, 15) is 0 Å². The van der Waals surface area contributed by atoms with Crippen LogP contribution in [0, 0.1) is 5.92 Å². The van der Waals surface area contributed by atoms with Crippen molar-refractivity contribution in [3.05, 3.63) is 12.2 Å². The molecule has 1 fully saturated rings. The molecule has 1 heterocycles. The lowest BCUT2D eigenvalue weighted by atomic mass is 9.88. The molecule has 1 rings (SSSR count). The second-order valence-corrected chi connectivity index (χ2v) is 4.61. The van der Waals surface area contributed by atoms with Gasteiger partial charge in [0.15, 0.2) is 0 Å². The minimum absolute atomic E-state index is 0.663. The van der Waals surface area contributed by atoms with Crippen LogP contribution >= 0.6 is 0 Å². The smallest absolute Gasteiger partial charge is 0.0469 e. The molecule has 0 aliphatic carbocycles. The Hall–Kier alpha value is -0.340. The zero-order valence-electron chi connectivity index (χ0n) is 10.2. The van der Waals surface area contributed by atoms with E-state index in [1.807, 2.05) is 0 Å². The number of allylic oxidation sites excluding steroid dienone is 1. The molecule has 0 bridgehead atoms. The summed E-state index contributed by atoms with van der Waals surface area (Å²) in [4.78, 5) is 0. The van der Waals surface area contributed by atoms with Crippen LogP contribution in [0.4, 0.5) is 0 Å². The normalized spacial score (nSPS) is 20.1. The molecule has 0 saturated carbocycles. The van der Waals surface area contributed by atoms with E-state index < -0.39 is 0 Å². The van der Waals surface area contributed by atoms with Gasteiger partial charge >= 0.3 is 0 Å². The molecule has 1 aliphatic heterocycles. The predicted molar refractivity (Wildman–Crippen MR) is 65.1 cm³/mol. The molecule has 1 atom stereocenters. The minimum atomic E-state index is 0.663. The second-order valence-electron chi connectivity index (χ2n) is 4.61. The fraction of sp³-hybridized carbons (Fsp3) is 0.846. The summed E-state index contributed by atoms with van der Waals surface area (Å²) in [5, 5.41) is 3.61. The van der Waals surface area contributed by atoms with Gasteiger partial charge in [-0.25, -0.2) is 0 Å². The molecular weight excluding hydrogens is 186 g/mol. The SMILES string of the molecule is C=C(C)CCC(NCC)C1CCOCC1. The van der Waals surface area contributed by atoms with Crippen LogP contribution < -0.4 is 5.32 Å². The van der Waals surface area contributed by atoms with Gasteiger partial charge in [-0.15, -0.1) is 6.58 Å². The molecule has 88 valence electrons. The Balaban J connectivity index is 2.36. The van der Waals surface area contributed by atoms with Crippen LogP contribution in [0.15, 0.2) is 12.2 Å². The van der Waals surface area contributed by atoms with Gasteiger partial charge in [-0.1, -0.05) is 12.5 Å². The van der Waals surface area contributed by atoms with Crippen LogP contribution in [0.25, 0.3) is 0 Å². The van der Waals surface area contributed by atoms with Crippen molar-refractivity contribution in [1.82, 2.24) is 5.32 Å². The number of rotatable bonds is 6. The topological polar surface area (TPSA) is 21.3 Å². The molecule has 1 saturated heterocycles. The molecule has 0 radical (unpaired) electrons. The van der Waals surface area contributed by atoms with Crippen LogP contribution in [0.2, 0.25) is 0 Å².